The van der Waals surface area contributed by atoms with E-state index in [1.807, 2.05) is 31.2 Å². The van der Waals surface area contributed by atoms with E-state index >= 15 is 0 Å². The van der Waals surface area contributed by atoms with Gasteiger partial charge in [0, 0.05) is 17.2 Å². The Hall–Kier alpha value is -1.83. The van der Waals surface area contributed by atoms with Crippen molar-refractivity contribution in [3.63, 3.8) is 0 Å². The van der Waals surface area contributed by atoms with Crippen LogP contribution in [0.2, 0.25) is 0 Å². The number of aryl methyl sites for hydroxylation is 2. The number of hydrogen-bond donors (Lipinski definition) is 1. The summed E-state index contributed by atoms with van der Waals surface area (Å²) in [7, 11) is -2.41. The molecule has 0 aliphatic heterocycles. The summed E-state index contributed by atoms with van der Waals surface area (Å²) in [5.41, 5.74) is 2.10. The van der Waals surface area contributed by atoms with Gasteiger partial charge in [-0.25, -0.2) is 17.9 Å². The van der Waals surface area contributed by atoms with Crippen molar-refractivity contribution in [3.8, 4) is 0 Å². The number of methoxy groups -OCH3 is 1. The lowest BCUT2D eigenvalue weighted by Gasteiger charge is -2.10. The van der Waals surface area contributed by atoms with E-state index in [1.54, 1.807) is 24.8 Å². The van der Waals surface area contributed by atoms with Gasteiger partial charge in [0.05, 0.1) is 17.6 Å². The monoisotopic (exact) mass is 379 g/mol. The Morgan fingerprint density at radius 2 is 1.80 bits per heavy atom. The number of benzene rings is 2. The molecule has 0 saturated carbocycles. The number of hydrogen-bond acceptors (Lipinski definition) is 5. The summed E-state index contributed by atoms with van der Waals surface area (Å²) < 4.78 is 32.0. The summed E-state index contributed by atoms with van der Waals surface area (Å²) in [5.74, 6) is 0.0577. The third-order valence-electron chi connectivity index (χ3n) is 3.61. The van der Waals surface area contributed by atoms with E-state index in [4.69, 9.17) is 0 Å². The van der Waals surface area contributed by atoms with Crippen molar-refractivity contribution in [1.82, 2.24) is 4.72 Å². The molecular weight excluding hydrogens is 358 g/mol. The van der Waals surface area contributed by atoms with E-state index < -0.39 is 16.0 Å². The van der Waals surface area contributed by atoms with Crippen LogP contribution in [-0.4, -0.2) is 33.8 Å². The molecule has 2 aromatic carbocycles. The molecule has 2 aromatic rings. The Labute approximate surface area is 152 Å². The molecule has 0 radical (unpaired) electrons. The Kier molecular flexibility index (Phi) is 6.64. The number of carbonyl (C=O) groups excluding carboxylic acids is 1. The summed E-state index contributed by atoms with van der Waals surface area (Å²) in [6, 6.07) is 12.5. The minimum atomic E-state index is -3.67. The summed E-state index contributed by atoms with van der Waals surface area (Å²) >= 11 is 1.58. The molecule has 0 aliphatic carbocycles. The van der Waals surface area contributed by atoms with Crippen molar-refractivity contribution in [3.05, 3.63) is 59.2 Å². The first-order valence-corrected chi connectivity index (χ1v) is 10.2. The number of thioether (sulfide) groups is 1. The molecule has 0 bridgehead atoms. The first-order valence-electron chi connectivity index (χ1n) is 7.71. The van der Waals surface area contributed by atoms with E-state index in [0.717, 1.165) is 4.90 Å². The number of rotatable bonds is 7. The molecule has 0 aliphatic rings. The van der Waals surface area contributed by atoms with E-state index in [9.17, 15) is 13.2 Å². The second kappa shape index (κ2) is 8.51. The van der Waals surface area contributed by atoms with Gasteiger partial charge >= 0.3 is 5.97 Å². The number of nitrogens with one attached hydrogen (secondary N) is 1. The van der Waals surface area contributed by atoms with Crippen molar-refractivity contribution >= 4 is 27.8 Å². The van der Waals surface area contributed by atoms with Gasteiger partial charge in [0.1, 0.15) is 0 Å². The minimum Gasteiger partial charge on any atom is -0.465 e. The molecule has 0 amide bonds. The number of carbonyl (C=O) groups is 1. The summed E-state index contributed by atoms with van der Waals surface area (Å²) in [5, 5.41) is 0. The smallest absolute Gasteiger partial charge is 0.338 e. The third-order valence-corrected chi connectivity index (χ3v) is 6.08. The standard InChI is InChI=1S/C18H21NO4S2/c1-13-4-7-15(8-5-13)24-11-10-19-25(21,22)16-9-6-14(2)17(12-16)18(20)23-3/h4-9,12,19H,10-11H2,1-3H3. The van der Waals surface area contributed by atoms with Crippen LogP contribution in [0.3, 0.4) is 0 Å². The van der Waals surface area contributed by atoms with Gasteiger partial charge in [-0.2, -0.15) is 0 Å². The van der Waals surface area contributed by atoms with Crippen LogP contribution in [0.25, 0.3) is 0 Å². The summed E-state index contributed by atoms with van der Waals surface area (Å²) in [4.78, 5) is 12.9. The van der Waals surface area contributed by atoms with Crippen LogP contribution in [0.5, 0.6) is 0 Å². The molecule has 134 valence electrons. The van der Waals surface area contributed by atoms with E-state index in [0.29, 0.717) is 17.9 Å². The molecule has 0 heterocycles. The second-order valence-electron chi connectivity index (χ2n) is 5.53. The van der Waals surface area contributed by atoms with E-state index in [-0.39, 0.29) is 10.5 Å². The lowest BCUT2D eigenvalue weighted by atomic mass is 10.1. The maximum atomic E-state index is 12.4. The van der Waals surface area contributed by atoms with Crippen molar-refractivity contribution in [2.45, 2.75) is 23.6 Å². The molecule has 5 nitrogen and oxygen atoms in total. The van der Waals surface area contributed by atoms with Crippen molar-refractivity contribution < 1.29 is 17.9 Å². The second-order valence-corrected chi connectivity index (χ2v) is 8.46. The zero-order chi connectivity index (χ0) is 18.4. The number of sulfonamides is 1. The third kappa shape index (κ3) is 5.32. The molecular formula is C18H21NO4S2. The highest BCUT2D eigenvalue weighted by molar-refractivity contribution is 7.99. The van der Waals surface area contributed by atoms with Crippen LogP contribution in [-0.2, 0) is 14.8 Å². The van der Waals surface area contributed by atoms with Crippen LogP contribution in [0.15, 0.2) is 52.3 Å². The van der Waals surface area contributed by atoms with Gasteiger partial charge in [-0.05, 0) is 43.7 Å². The maximum Gasteiger partial charge on any atom is 0.338 e. The maximum absolute atomic E-state index is 12.4. The van der Waals surface area contributed by atoms with Crippen LogP contribution in [0.1, 0.15) is 21.5 Å². The predicted octanol–water partition coefficient (Wildman–Crippen LogP) is 3.16. The molecule has 0 fully saturated rings. The highest BCUT2D eigenvalue weighted by Crippen LogP contribution is 2.19. The van der Waals surface area contributed by atoms with Crippen molar-refractivity contribution in [2.75, 3.05) is 19.4 Å². The SMILES string of the molecule is COC(=O)c1cc(S(=O)(=O)NCCSc2ccc(C)cc2)ccc1C. The molecule has 2 rings (SSSR count). The highest BCUT2D eigenvalue weighted by Gasteiger charge is 2.18. The van der Waals surface area contributed by atoms with Crippen LogP contribution < -0.4 is 4.72 Å². The minimum absolute atomic E-state index is 0.0545. The van der Waals surface area contributed by atoms with Crippen LogP contribution in [0.4, 0.5) is 0 Å². The molecule has 0 atom stereocenters. The van der Waals surface area contributed by atoms with Gasteiger partial charge in [0.15, 0.2) is 0 Å². The number of ether oxygens (including phenoxy) is 1. The lowest BCUT2D eigenvalue weighted by Crippen LogP contribution is -2.26. The van der Waals surface area contributed by atoms with E-state index in [2.05, 4.69) is 9.46 Å². The van der Waals surface area contributed by atoms with Crippen LogP contribution >= 0.6 is 11.8 Å². The van der Waals surface area contributed by atoms with Gasteiger partial charge in [0.2, 0.25) is 10.0 Å². The average molecular weight is 380 g/mol. The molecule has 25 heavy (non-hydrogen) atoms. The number of esters is 1. The topological polar surface area (TPSA) is 72.5 Å². The first kappa shape index (κ1) is 19.5. The predicted molar refractivity (Wildman–Crippen MR) is 99.6 cm³/mol. The lowest BCUT2D eigenvalue weighted by molar-refractivity contribution is 0.0599. The quantitative estimate of drug-likeness (QED) is 0.454. The fraction of sp³-hybridized carbons (Fsp3) is 0.278. The van der Waals surface area contributed by atoms with E-state index in [1.165, 1.54) is 24.8 Å². The fourth-order valence-corrected chi connectivity index (χ4v) is 4.12. The largest absolute Gasteiger partial charge is 0.465 e. The highest BCUT2D eigenvalue weighted by atomic mass is 32.2. The van der Waals surface area contributed by atoms with Crippen molar-refractivity contribution in [1.29, 1.82) is 0 Å². The molecule has 0 aromatic heterocycles. The van der Waals surface area contributed by atoms with Gasteiger partial charge in [-0.15, -0.1) is 11.8 Å². The molecule has 0 saturated heterocycles. The zero-order valence-corrected chi connectivity index (χ0v) is 16.0. The molecule has 0 spiro atoms. The van der Waals surface area contributed by atoms with Gasteiger partial charge in [-0.1, -0.05) is 23.8 Å². The molecule has 7 heteroatoms. The van der Waals surface area contributed by atoms with Gasteiger partial charge in [0.25, 0.3) is 0 Å². The zero-order valence-electron chi connectivity index (χ0n) is 14.4. The summed E-state index contributed by atoms with van der Waals surface area (Å²) in [6.07, 6.45) is 0. The van der Waals surface area contributed by atoms with Crippen LogP contribution in [0, 0.1) is 13.8 Å². The first-order chi connectivity index (χ1) is 11.8. The average Bonchev–Trinajstić information content (AvgIpc) is 2.60. The molecule has 0 unspecified atom stereocenters. The van der Waals surface area contributed by atoms with Crippen molar-refractivity contribution in [2.24, 2.45) is 0 Å². The summed E-state index contributed by atoms with van der Waals surface area (Å²) in [6.45, 7) is 4.04. The van der Waals surface area contributed by atoms with Gasteiger partial charge < -0.3 is 4.74 Å². The Balaban J connectivity index is 1.99. The Morgan fingerprint density at radius 1 is 1.12 bits per heavy atom. The normalized spacial score (nSPS) is 11.3. The fourth-order valence-electron chi connectivity index (χ4n) is 2.16. The van der Waals surface area contributed by atoms with Gasteiger partial charge in [-0.3, -0.25) is 0 Å². The Bertz CT molecular complexity index is 846. The molecule has 1 N–H and O–H groups in total. The Morgan fingerprint density at radius 3 is 2.44 bits per heavy atom.